The van der Waals surface area contributed by atoms with E-state index >= 15 is 0 Å². The Morgan fingerprint density at radius 3 is 2.00 bits per heavy atom. The van der Waals surface area contributed by atoms with E-state index in [0.717, 1.165) is 30.7 Å². The molecule has 0 aliphatic heterocycles. The van der Waals surface area contributed by atoms with Gasteiger partial charge in [-0.2, -0.15) is 13.2 Å². The molecule has 0 amide bonds. The number of hydrogen-bond acceptors (Lipinski definition) is 1. The van der Waals surface area contributed by atoms with Crippen molar-refractivity contribution in [2.45, 2.75) is 26.1 Å². The molecule has 1 aromatic rings. The quantitative estimate of drug-likeness (QED) is 0.825. The van der Waals surface area contributed by atoms with Gasteiger partial charge in [-0.25, -0.2) is 0 Å². The summed E-state index contributed by atoms with van der Waals surface area (Å²) in [5.74, 6) is 0. The lowest BCUT2D eigenvalue weighted by atomic mass is 10.1. The zero-order chi connectivity index (χ0) is 11.3. The van der Waals surface area contributed by atoms with Crippen molar-refractivity contribution in [2.24, 2.45) is 0 Å². The topological polar surface area (TPSA) is 12.0 Å². The molecule has 0 saturated carbocycles. The predicted octanol–water partition coefficient (Wildman–Crippen LogP) is 4.05. The van der Waals surface area contributed by atoms with Crippen molar-refractivity contribution in [2.75, 3.05) is 6.54 Å². The molecule has 1 nitrogen and oxygen atoms in total. The summed E-state index contributed by atoms with van der Waals surface area (Å²) >= 11 is 0. The highest BCUT2D eigenvalue weighted by Crippen LogP contribution is 2.28. The van der Waals surface area contributed by atoms with Crippen LogP contribution in [0.15, 0.2) is 24.3 Å². The third-order valence-electron chi connectivity index (χ3n) is 2.04. The highest BCUT2D eigenvalue weighted by atomic mass is 35.5. The molecular formula is C11H16Cl2F3N. The van der Waals surface area contributed by atoms with E-state index in [2.05, 4.69) is 5.32 Å². The first kappa shape index (κ1) is 18.9. The van der Waals surface area contributed by atoms with E-state index in [1.165, 1.54) is 12.1 Å². The van der Waals surface area contributed by atoms with Crippen LogP contribution in [0.3, 0.4) is 0 Å². The first-order valence-electron chi connectivity index (χ1n) is 4.91. The van der Waals surface area contributed by atoms with Gasteiger partial charge in [0.2, 0.25) is 0 Å². The highest BCUT2D eigenvalue weighted by molar-refractivity contribution is 5.85. The summed E-state index contributed by atoms with van der Waals surface area (Å²) < 4.78 is 36.6. The van der Waals surface area contributed by atoms with Gasteiger partial charge in [0, 0.05) is 6.54 Å². The van der Waals surface area contributed by atoms with Gasteiger partial charge in [-0.05, 0) is 30.7 Å². The molecule has 1 aromatic carbocycles. The molecule has 1 rings (SSSR count). The van der Waals surface area contributed by atoms with E-state index in [-0.39, 0.29) is 24.8 Å². The normalized spacial score (nSPS) is 10.4. The number of benzene rings is 1. The molecule has 100 valence electrons. The SMILES string of the molecule is CCCNCc1ccc(C(F)(F)F)cc1.Cl.Cl. The van der Waals surface area contributed by atoms with Crippen molar-refractivity contribution < 1.29 is 13.2 Å². The van der Waals surface area contributed by atoms with E-state index in [9.17, 15) is 13.2 Å². The van der Waals surface area contributed by atoms with Crippen LogP contribution in [-0.2, 0) is 12.7 Å². The fourth-order valence-corrected chi connectivity index (χ4v) is 1.22. The Hall–Kier alpha value is -0.450. The average Bonchev–Trinajstić information content (AvgIpc) is 2.18. The zero-order valence-electron chi connectivity index (χ0n) is 9.38. The van der Waals surface area contributed by atoms with Gasteiger partial charge in [0.1, 0.15) is 0 Å². The van der Waals surface area contributed by atoms with Crippen LogP contribution in [-0.4, -0.2) is 6.54 Å². The first-order chi connectivity index (χ1) is 7.04. The smallest absolute Gasteiger partial charge is 0.313 e. The van der Waals surface area contributed by atoms with Crippen molar-refractivity contribution in [3.8, 4) is 0 Å². The molecule has 0 aromatic heterocycles. The van der Waals surface area contributed by atoms with Crippen molar-refractivity contribution in [3.05, 3.63) is 35.4 Å². The standard InChI is InChI=1S/C11H14F3N.2ClH/c1-2-7-15-8-9-3-5-10(6-4-9)11(12,13)14;;/h3-6,15H,2,7-8H2,1H3;2*1H. The second-order valence-electron chi connectivity index (χ2n) is 3.37. The van der Waals surface area contributed by atoms with Crippen LogP contribution < -0.4 is 5.32 Å². The molecule has 6 heteroatoms. The van der Waals surface area contributed by atoms with Gasteiger partial charge >= 0.3 is 6.18 Å². The molecule has 0 unspecified atom stereocenters. The first-order valence-corrected chi connectivity index (χ1v) is 4.91. The molecule has 0 spiro atoms. The minimum absolute atomic E-state index is 0. The number of hydrogen-bond donors (Lipinski definition) is 1. The van der Waals surface area contributed by atoms with Crippen molar-refractivity contribution in [3.63, 3.8) is 0 Å². The summed E-state index contributed by atoms with van der Waals surface area (Å²) in [6.45, 7) is 3.53. The molecule has 0 radical (unpaired) electrons. The molecule has 0 fully saturated rings. The Labute approximate surface area is 112 Å². The van der Waals surface area contributed by atoms with Crippen LogP contribution in [0.5, 0.6) is 0 Å². The van der Waals surface area contributed by atoms with Gasteiger partial charge in [0.25, 0.3) is 0 Å². The molecule has 1 N–H and O–H groups in total. The van der Waals surface area contributed by atoms with E-state index in [1.807, 2.05) is 6.92 Å². The second kappa shape index (κ2) is 8.61. The number of nitrogens with one attached hydrogen (secondary N) is 1. The van der Waals surface area contributed by atoms with Crippen molar-refractivity contribution in [1.82, 2.24) is 5.32 Å². The summed E-state index contributed by atoms with van der Waals surface area (Å²) in [6, 6.07) is 5.24. The lowest BCUT2D eigenvalue weighted by Crippen LogP contribution is -2.14. The maximum Gasteiger partial charge on any atom is 0.416 e. The Kier molecular flexibility index (Phi) is 9.58. The Bertz CT molecular complexity index is 299. The number of alkyl halides is 3. The minimum atomic E-state index is -4.24. The Morgan fingerprint density at radius 1 is 1.06 bits per heavy atom. The van der Waals surface area contributed by atoms with Crippen LogP contribution in [0.2, 0.25) is 0 Å². The van der Waals surface area contributed by atoms with Gasteiger partial charge in [0.05, 0.1) is 5.56 Å². The lowest BCUT2D eigenvalue weighted by Gasteiger charge is -2.07. The van der Waals surface area contributed by atoms with E-state index in [0.29, 0.717) is 6.54 Å². The Balaban J connectivity index is 0. The lowest BCUT2D eigenvalue weighted by molar-refractivity contribution is -0.137. The molecule has 0 aliphatic carbocycles. The fraction of sp³-hybridized carbons (Fsp3) is 0.455. The molecule has 0 heterocycles. The molecule has 0 saturated heterocycles. The van der Waals surface area contributed by atoms with Crippen LogP contribution in [0.1, 0.15) is 24.5 Å². The van der Waals surface area contributed by atoms with Crippen LogP contribution in [0, 0.1) is 0 Å². The van der Waals surface area contributed by atoms with Crippen molar-refractivity contribution >= 4 is 24.8 Å². The van der Waals surface area contributed by atoms with Gasteiger partial charge in [-0.15, -0.1) is 24.8 Å². The van der Waals surface area contributed by atoms with Crippen LogP contribution >= 0.6 is 24.8 Å². The van der Waals surface area contributed by atoms with E-state index < -0.39 is 11.7 Å². The van der Waals surface area contributed by atoms with E-state index in [4.69, 9.17) is 0 Å². The fourth-order valence-electron chi connectivity index (χ4n) is 1.22. The number of halogens is 5. The zero-order valence-corrected chi connectivity index (χ0v) is 11.0. The van der Waals surface area contributed by atoms with Crippen LogP contribution in [0.25, 0.3) is 0 Å². The summed E-state index contributed by atoms with van der Waals surface area (Å²) in [6.07, 6.45) is -3.23. The molecule has 0 aliphatic rings. The maximum atomic E-state index is 12.2. The highest BCUT2D eigenvalue weighted by Gasteiger charge is 2.29. The molecular weight excluding hydrogens is 274 g/mol. The maximum absolute atomic E-state index is 12.2. The summed E-state index contributed by atoms with van der Waals surface area (Å²) in [5, 5.41) is 3.13. The van der Waals surface area contributed by atoms with Crippen molar-refractivity contribution in [1.29, 1.82) is 0 Å². The number of rotatable bonds is 4. The average molecular weight is 290 g/mol. The predicted molar refractivity (Wildman–Crippen MR) is 67.9 cm³/mol. The third kappa shape index (κ3) is 6.76. The van der Waals surface area contributed by atoms with Gasteiger partial charge in [0.15, 0.2) is 0 Å². The summed E-state index contributed by atoms with van der Waals surface area (Å²) in [5.41, 5.74) is 0.276. The van der Waals surface area contributed by atoms with Crippen LogP contribution in [0.4, 0.5) is 13.2 Å². The van der Waals surface area contributed by atoms with Gasteiger partial charge < -0.3 is 5.32 Å². The monoisotopic (exact) mass is 289 g/mol. The minimum Gasteiger partial charge on any atom is -0.313 e. The molecule has 17 heavy (non-hydrogen) atoms. The third-order valence-corrected chi connectivity index (χ3v) is 2.04. The largest absolute Gasteiger partial charge is 0.416 e. The van der Waals surface area contributed by atoms with Gasteiger partial charge in [-0.3, -0.25) is 0 Å². The van der Waals surface area contributed by atoms with Gasteiger partial charge in [-0.1, -0.05) is 19.1 Å². The molecule has 0 bridgehead atoms. The summed E-state index contributed by atoms with van der Waals surface area (Å²) in [4.78, 5) is 0. The second-order valence-corrected chi connectivity index (χ2v) is 3.37. The molecule has 0 atom stereocenters. The Morgan fingerprint density at radius 2 is 1.59 bits per heavy atom. The summed E-state index contributed by atoms with van der Waals surface area (Å²) in [7, 11) is 0. The van der Waals surface area contributed by atoms with E-state index in [1.54, 1.807) is 0 Å².